The first kappa shape index (κ1) is 22.5. The number of thioether (sulfide) groups is 1. The number of alkyl halides is 3. The van der Waals surface area contributed by atoms with Crippen molar-refractivity contribution in [3.8, 4) is 0 Å². The Bertz CT molecular complexity index is 1290. The Balaban J connectivity index is 1.44. The summed E-state index contributed by atoms with van der Waals surface area (Å²) in [4.78, 5) is 35.7. The molecule has 2 aromatic carbocycles. The van der Waals surface area contributed by atoms with Gasteiger partial charge in [0.15, 0.2) is 0 Å². The van der Waals surface area contributed by atoms with Crippen molar-refractivity contribution in [3.63, 3.8) is 0 Å². The zero-order valence-corrected chi connectivity index (χ0v) is 19.3. The van der Waals surface area contributed by atoms with Crippen molar-refractivity contribution in [2.45, 2.75) is 35.3 Å². The molecule has 176 valence electrons. The van der Waals surface area contributed by atoms with E-state index in [0.717, 1.165) is 27.1 Å². The molecule has 3 aromatic rings. The average Bonchev–Trinajstić information content (AvgIpc) is 3.55. The Labute approximate surface area is 198 Å². The summed E-state index contributed by atoms with van der Waals surface area (Å²) >= 11 is -0.236. The molecule has 1 saturated carbocycles. The van der Waals surface area contributed by atoms with Crippen molar-refractivity contribution in [3.05, 3.63) is 60.3 Å². The van der Waals surface area contributed by atoms with Crippen LogP contribution in [0.4, 0.5) is 29.3 Å². The Morgan fingerprint density at radius 2 is 1.76 bits per heavy atom. The first-order valence-electron chi connectivity index (χ1n) is 10.7. The summed E-state index contributed by atoms with van der Waals surface area (Å²) in [6, 6.07) is 12.6. The number of carbonyl (C=O) groups is 2. The predicted octanol–water partition coefficient (Wildman–Crippen LogP) is 5.41. The van der Waals surface area contributed by atoms with Gasteiger partial charge in [-0.1, -0.05) is 6.07 Å². The molecule has 0 atom stereocenters. The highest BCUT2D eigenvalue weighted by atomic mass is 32.2. The number of nitrogens with zero attached hydrogens (tertiary/aromatic N) is 4. The van der Waals surface area contributed by atoms with Gasteiger partial charge in [0, 0.05) is 42.8 Å². The van der Waals surface area contributed by atoms with Gasteiger partial charge in [0.2, 0.25) is 0 Å². The molecular weight excluding hydrogens is 465 g/mol. The third-order valence-electron chi connectivity index (χ3n) is 6.25. The molecule has 2 aliphatic rings. The highest BCUT2D eigenvalue weighted by molar-refractivity contribution is 8.00. The lowest BCUT2D eigenvalue weighted by molar-refractivity contribution is -0.120. The third-order valence-corrected chi connectivity index (χ3v) is 6.99. The Kier molecular flexibility index (Phi) is 5.23. The van der Waals surface area contributed by atoms with Crippen molar-refractivity contribution in [2.75, 3.05) is 23.9 Å². The molecule has 1 spiro atoms. The van der Waals surface area contributed by atoms with Crippen molar-refractivity contribution in [1.29, 1.82) is 0 Å². The van der Waals surface area contributed by atoms with Crippen LogP contribution in [0.2, 0.25) is 0 Å². The lowest BCUT2D eigenvalue weighted by Crippen LogP contribution is -2.36. The fourth-order valence-corrected chi connectivity index (χ4v) is 4.88. The number of amides is 3. The van der Waals surface area contributed by atoms with Crippen LogP contribution >= 0.6 is 11.8 Å². The van der Waals surface area contributed by atoms with E-state index in [1.54, 1.807) is 11.1 Å². The Morgan fingerprint density at radius 1 is 1.06 bits per heavy atom. The molecule has 3 amide bonds. The number of aromatic nitrogens is 1. The summed E-state index contributed by atoms with van der Waals surface area (Å²) in [5.41, 5.74) is -2.36. The van der Waals surface area contributed by atoms with Gasteiger partial charge in [-0.25, -0.2) is 9.69 Å². The summed E-state index contributed by atoms with van der Waals surface area (Å²) < 4.78 is 37.9. The van der Waals surface area contributed by atoms with Crippen LogP contribution in [0.25, 0.3) is 10.9 Å². The Morgan fingerprint density at radius 3 is 2.38 bits per heavy atom. The summed E-state index contributed by atoms with van der Waals surface area (Å²) in [5.74, 6) is -0.331. The topological polar surface area (TPSA) is 56.8 Å². The lowest BCUT2D eigenvalue weighted by atomic mass is 10.1. The molecule has 0 unspecified atom stereocenters. The first-order chi connectivity index (χ1) is 16.1. The molecule has 0 bridgehead atoms. The van der Waals surface area contributed by atoms with E-state index in [1.807, 2.05) is 43.3 Å². The summed E-state index contributed by atoms with van der Waals surface area (Å²) in [5, 5.41) is 0.899. The van der Waals surface area contributed by atoms with Crippen molar-refractivity contribution < 1.29 is 22.8 Å². The second-order valence-electron chi connectivity index (χ2n) is 8.65. The third kappa shape index (κ3) is 3.85. The van der Waals surface area contributed by atoms with Crippen LogP contribution in [0.1, 0.15) is 18.4 Å². The van der Waals surface area contributed by atoms with Crippen molar-refractivity contribution in [1.82, 2.24) is 9.88 Å². The van der Waals surface area contributed by atoms with Crippen LogP contribution in [0.3, 0.4) is 0 Å². The van der Waals surface area contributed by atoms with Crippen LogP contribution in [0.15, 0.2) is 59.6 Å². The van der Waals surface area contributed by atoms with Crippen LogP contribution in [0, 0.1) is 0 Å². The maximum atomic E-state index is 13.4. The SMILES string of the molecule is CN(C)c1ccc2c(CN3C(=O)N(c4ccc(SC(F)(F)F)cc4)C(=O)C34CC4)ccnc2c1. The Hall–Kier alpha value is -3.27. The van der Waals surface area contributed by atoms with Crippen LogP contribution < -0.4 is 9.80 Å². The highest BCUT2D eigenvalue weighted by Gasteiger charge is 2.65. The first-order valence-corrected chi connectivity index (χ1v) is 11.5. The molecule has 0 radical (unpaired) electrons. The highest BCUT2D eigenvalue weighted by Crippen LogP contribution is 2.50. The van der Waals surface area contributed by atoms with E-state index in [4.69, 9.17) is 0 Å². The number of carbonyl (C=O) groups excluding carboxylic acids is 2. The lowest BCUT2D eigenvalue weighted by Gasteiger charge is -2.22. The van der Waals surface area contributed by atoms with Crippen molar-refractivity contribution in [2.24, 2.45) is 0 Å². The van der Waals surface area contributed by atoms with Gasteiger partial charge in [-0.2, -0.15) is 13.2 Å². The van der Waals surface area contributed by atoms with Crippen LogP contribution in [-0.2, 0) is 11.3 Å². The number of fused-ring (bicyclic) bond motifs is 1. The van der Waals surface area contributed by atoms with E-state index in [2.05, 4.69) is 4.98 Å². The van der Waals surface area contributed by atoms with E-state index >= 15 is 0 Å². The molecule has 6 nitrogen and oxygen atoms in total. The summed E-state index contributed by atoms with van der Waals surface area (Å²) in [7, 11) is 3.89. The number of benzene rings is 2. The second kappa shape index (κ2) is 7.90. The minimum Gasteiger partial charge on any atom is -0.378 e. The van der Waals surface area contributed by atoms with E-state index in [1.165, 1.54) is 24.3 Å². The van der Waals surface area contributed by atoms with Gasteiger partial charge in [0.05, 0.1) is 11.2 Å². The van der Waals surface area contributed by atoms with Crippen LogP contribution in [-0.4, -0.2) is 47.0 Å². The minimum atomic E-state index is -4.41. The number of halogens is 3. The fraction of sp³-hybridized carbons (Fsp3) is 0.292. The van der Waals surface area contributed by atoms with E-state index in [9.17, 15) is 22.8 Å². The van der Waals surface area contributed by atoms with Gasteiger partial charge in [-0.3, -0.25) is 9.78 Å². The van der Waals surface area contributed by atoms with Gasteiger partial charge in [0.25, 0.3) is 5.91 Å². The van der Waals surface area contributed by atoms with Gasteiger partial charge < -0.3 is 9.80 Å². The van der Waals surface area contributed by atoms with Gasteiger partial charge >= 0.3 is 11.5 Å². The number of anilines is 2. The average molecular weight is 487 g/mol. The smallest absolute Gasteiger partial charge is 0.378 e. The van der Waals surface area contributed by atoms with E-state index < -0.39 is 17.1 Å². The quantitative estimate of drug-likeness (QED) is 0.356. The number of hydrogen-bond donors (Lipinski definition) is 0. The van der Waals surface area contributed by atoms with E-state index in [-0.39, 0.29) is 34.8 Å². The number of urea groups is 1. The molecule has 2 fully saturated rings. The monoisotopic (exact) mass is 486 g/mol. The van der Waals surface area contributed by atoms with E-state index in [0.29, 0.717) is 12.8 Å². The normalized spacial score (nSPS) is 17.2. The molecule has 2 heterocycles. The maximum absolute atomic E-state index is 13.4. The molecule has 1 aliphatic heterocycles. The number of pyridine rings is 1. The predicted molar refractivity (Wildman–Crippen MR) is 125 cm³/mol. The fourth-order valence-electron chi connectivity index (χ4n) is 4.34. The van der Waals surface area contributed by atoms with Gasteiger partial charge in [0.1, 0.15) is 5.54 Å². The zero-order valence-electron chi connectivity index (χ0n) is 18.5. The number of imide groups is 1. The largest absolute Gasteiger partial charge is 0.446 e. The standard InChI is InChI=1S/C24H21F3N4O2S/c1-29(2)17-5-8-19-15(9-12-28-20(19)13-17)14-30-22(33)31(21(32)23(30)10-11-23)16-3-6-18(7-4-16)34-24(25,26)27/h3-9,12-13H,10-11,14H2,1-2H3. The molecule has 0 N–H and O–H groups in total. The number of rotatable bonds is 5. The molecule has 1 aliphatic carbocycles. The maximum Gasteiger partial charge on any atom is 0.446 e. The molecular formula is C24H21F3N4O2S. The zero-order chi connectivity index (χ0) is 24.3. The molecule has 1 saturated heterocycles. The van der Waals surface area contributed by atoms with Crippen molar-refractivity contribution >= 4 is 46.0 Å². The number of hydrogen-bond acceptors (Lipinski definition) is 5. The van der Waals surface area contributed by atoms with Gasteiger partial charge in [-0.05, 0) is 72.6 Å². The van der Waals surface area contributed by atoms with Crippen LogP contribution in [0.5, 0.6) is 0 Å². The minimum absolute atomic E-state index is 0.00585. The summed E-state index contributed by atoms with van der Waals surface area (Å²) in [6.07, 6.45) is 2.81. The van der Waals surface area contributed by atoms with Gasteiger partial charge in [-0.15, -0.1) is 0 Å². The molecule has 5 rings (SSSR count). The molecule has 10 heteroatoms. The summed E-state index contributed by atoms with van der Waals surface area (Å²) in [6.45, 7) is 0.239. The second-order valence-corrected chi connectivity index (χ2v) is 9.79. The molecule has 1 aromatic heterocycles. The molecule has 34 heavy (non-hydrogen) atoms.